The molecule has 0 aliphatic heterocycles. The molecule has 0 fully saturated rings. The van der Waals surface area contributed by atoms with E-state index >= 15 is 0 Å². The monoisotopic (exact) mass is 458 g/mol. The van der Waals surface area contributed by atoms with Gasteiger partial charge in [0.15, 0.2) is 5.13 Å². The van der Waals surface area contributed by atoms with E-state index in [1.165, 1.54) is 11.3 Å². The largest absolute Gasteiger partial charge is 0.494 e. The van der Waals surface area contributed by atoms with Crippen LogP contribution in [0.5, 0.6) is 11.5 Å². The van der Waals surface area contributed by atoms with Crippen molar-refractivity contribution in [3.63, 3.8) is 0 Å². The van der Waals surface area contributed by atoms with E-state index in [9.17, 15) is 4.79 Å². The van der Waals surface area contributed by atoms with Crippen molar-refractivity contribution < 1.29 is 14.3 Å². The van der Waals surface area contributed by atoms with E-state index in [2.05, 4.69) is 10.3 Å². The molecule has 1 amide bonds. The normalized spacial score (nSPS) is 10.7. The maximum atomic E-state index is 12.3. The van der Waals surface area contributed by atoms with Crippen LogP contribution in [0.15, 0.2) is 36.4 Å². The molecule has 0 saturated carbocycles. The summed E-state index contributed by atoms with van der Waals surface area (Å²) in [5, 5.41) is 4.27. The van der Waals surface area contributed by atoms with Gasteiger partial charge in [-0.05, 0) is 81.6 Å². The first-order valence-electron chi connectivity index (χ1n) is 10.3. The van der Waals surface area contributed by atoms with Gasteiger partial charge >= 0.3 is 0 Å². The average Bonchev–Trinajstić information content (AvgIpc) is 3.10. The summed E-state index contributed by atoms with van der Waals surface area (Å²) < 4.78 is 11.3. The standard InChI is InChI=1S/C24H27ClN2O3S/c1-5-29-19-10-8-18(9-11-19)23-17(4)31-24(27-23)26-21(28)7-6-12-30-20-13-15(2)22(25)16(3)14-20/h8-11,13-14H,5-7,12H2,1-4H3,(H,26,27,28). The number of anilines is 1. The Bertz CT molecular complexity index is 1020. The number of amides is 1. The number of halogens is 1. The lowest BCUT2D eigenvalue weighted by Gasteiger charge is -2.09. The Labute approximate surface area is 192 Å². The molecule has 0 atom stereocenters. The number of nitrogens with one attached hydrogen (secondary N) is 1. The van der Waals surface area contributed by atoms with E-state index < -0.39 is 0 Å². The third kappa shape index (κ3) is 6.21. The van der Waals surface area contributed by atoms with Gasteiger partial charge in [0.05, 0.1) is 18.9 Å². The molecule has 164 valence electrons. The van der Waals surface area contributed by atoms with Gasteiger partial charge in [-0.3, -0.25) is 4.79 Å². The molecule has 5 nitrogen and oxygen atoms in total. The molecule has 3 aromatic rings. The number of hydrogen-bond donors (Lipinski definition) is 1. The number of thiazole rings is 1. The molecule has 2 aromatic carbocycles. The molecule has 1 N–H and O–H groups in total. The lowest BCUT2D eigenvalue weighted by molar-refractivity contribution is -0.116. The highest BCUT2D eigenvalue weighted by Gasteiger charge is 2.12. The fraction of sp³-hybridized carbons (Fsp3) is 0.333. The minimum atomic E-state index is -0.0703. The SMILES string of the molecule is CCOc1ccc(-c2nc(NC(=O)CCCOc3cc(C)c(Cl)c(C)c3)sc2C)cc1. The highest BCUT2D eigenvalue weighted by Crippen LogP contribution is 2.31. The first-order valence-corrected chi connectivity index (χ1v) is 11.5. The molecule has 0 radical (unpaired) electrons. The Balaban J connectivity index is 1.50. The molecule has 31 heavy (non-hydrogen) atoms. The summed E-state index contributed by atoms with van der Waals surface area (Å²) in [5.74, 6) is 1.54. The molecule has 0 aliphatic rings. The fourth-order valence-electron chi connectivity index (χ4n) is 3.19. The number of hydrogen-bond acceptors (Lipinski definition) is 5. The molecule has 3 rings (SSSR count). The maximum absolute atomic E-state index is 12.3. The minimum Gasteiger partial charge on any atom is -0.494 e. The zero-order valence-electron chi connectivity index (χ0n) is 18.3. The van der Waals surface area contributed by atoms with Gasteiger partial charge in [0.2, 0.25) is 5.91 Å². The first kappa shape index (κ1) is 23.1. The first-order chi connectivity index (χ1) is 14.9. The predicted molar refractivity (Wildman–Crippen MR) is 128 cm³/mol. The molecular formula is C24H27ClN2O3S. The number of aromatic nitrogens is 1. The van der Waals surface area contributed by atoms with Gasteiger partial charge in [-0.1, -0.05) is 11.6 Å². The van der Waals surface area contributed by atoms with Crippen molar-refractivity contribution in [1.29, 1.82) is 0 Å². The number of carbonyl (C=O) groups excluding carboxylic acids is 1. The van der Waals surface area contributed by atoms with E-state index in [0.29, 0.717) is 31.2 Å². The van der Waals surface area contributed by atoms with Crippen LogP contribution < -0.4 is 14.8 Å². The molecule has 7 heteroatoms. The van der Waals surface area contributed by atoms with E-state index in [-0.39, 0.29) is 5.91 Å². The second-order valence-corrected chi connectivity index (χ2v) is 8.83. The van der Waals surface area contributed by atoms with Gasteiger partial charge < -0.3 is 14.8 Å². The van der Waals surface area contributed by atoms with Crippen LogP contribution in [0.1, 0.15) is 35.8 Å². The Kier molecular flexibility index (Phi) is 7.93. The van der Waals surface area contributed by atoms with Crippen LogP contribution in [0.2, 0.25) is 5.02 Å². The van der Waals surface area contributed by atoms with Crippen molar-refractivity contribution in [3.8, 4) is 22.8 Å². The summed E-state index contributed by atoms with van der Waals surface area (Å²) in [6.07, 6.45) is 0.977. The highest BCUT2D eigenvalue weighted by molar-refractivity contribution is 7.16. The fourth-order valence-corrected chi connectivity index (χ4v) is 4.15. The summed E-state index contributed by atoms with van der Waals surface area (Å²) >= 11 is 7.66. The average molecular weight is 459 g/mol. The summed E-state index contributed by atoms with van der Waals surface area (Å²) in [4.78, 5) is 18.0. The number of benzene rings is 2. The van der Waals surface area contributed by atoms with Crippen molar-refractivity contribution in [3.05, 3.63) is 57.4 Å². The van der Waals surface area contributed by atoms with Gasteiger partial charge in [0.25, 0.3) is 0 Å². The predicted octanol–water partition coefficient (Wildman–Crippen LogP) is 6.59. The Hall–Kier alpha value is -2.57. The molecular weight excluding hydrogens is 432 g/mol. The van der Waals surface area contributed by atoms with E-state index in [1.54, 1.807) is 0 Å². The van der Waals surface area contributed by atoms with E-state index in [0.717, 1.165) is 43.8 Å². The number of carbonyl (C=O) groups is 1. The smallest absolute Gasteiger partial charge is 0.226 e. The Morgan fingerprint density at radius 2 is 1.74 bits per heavy atom. The highest BCUT2D eigenvalue weighted by atomic mass is 35.5. The van der Waals surface area contributed by atoms with Crippen LogP contribution in [0.4, 0.5) is 5.13 Å². The van der Waals surface area contributed by atoms with Crippen molar-refractivity contribution >= 4 is 34.0 Å². The summed E-state index contributed by atoms with van der Waals surface area (Å²) in [6, 6.07) is 11.7. The van der Waals surface area contributed by atoms with Gasteiger partial charge in [-0.15, -0.1) is 11.3 Å². The van der Waals surface area contributed by atoms with Gasteiger partial charge in [-0.2, -0.15) is 0 Å². The number of aryl methyl sites for hydroxylation is 3. The Morgan fingerprint density at radius 3 is 2.39 bits per heavy atom. The molecule has 0 spiro atoms. The van der Waals surface area contributed by atoms with Gasteiger partial charge in [0.1, 0.15) is 11.5 Å². The molecule has 0 aliphatic carbocycles. The molecule has 0 bridgehead atoms. The van der Waals surface area contributed by atoms with Crippen molar-refractivity contribution in [2.24, 2.45) is 0 Å². The van der Waals surface area contributed by atoms with Crippen molar-refractivity contribution in [2.45, 2.75) is 40.5 Å². The lowest BCUT2D eigenvalue weighted by Crippen LogP contribution is -2.12. The van der Waals surface area contributed by atoms with Crippen LogP contribution in [-0.2, 0) is 4.79 Å². The summed E-state index contributed by atoms with van der Waals surface area (Å²) in [6.45, 7) is 8.96. The quantitative estimate of drug-likeness (QED) is 0.367. The zero-order valence-corrected chi connectivity index (χ0v) is 19.8. The Morgan fingerprint density at radius 1 is 1.06 bits per heavy atom. The van der Waals surface area contributed by atoms with Crippen LogP contribution >= 0.6 is 22.9 Å². The van der Waals surface area contributed by atoms with Crippen LogP contribution in [-0.4, -0.2) is 24.1 Å². The van der Waals surface area contributed by atoms with Crippen LogP contribution in [0, 0.1) is 20.8 Å². The minimum absolute atomic E-state index is 0.0703. The zero-order chi connectivity index (χ0) is 22.4. The lowest BCUT2D eigenvalue weighted by atomic mass is 10.1. The number of rotatable bonds is 9. The van der Waals surface area contributed by atoms with Gasteiger partial charge in [-0.25, -0.2) is 4.98 Å². The van der Waals surface area contributed by atoms with E-state index in [4.69, 9.17) is 21.1 Å². The summed E-state index contributed by atoms with van der Waals surface area (Å²) in [7, 11) is 0. The van der Waals surface area contributed by atoms with Crippen LogP contribution in [0.3, 0.4) is 0 Å². The van der Waals surface area contributed by atoms with Crippen molar-refractivity contribution in [2.75, 3.05) is 18.5 Å². The second kappa shape index (κ2) is 10.6. The molecule has 1 aromatic heterocycles. The van der Waals surface area contributed by atoms with Crippen LogP contribution in [0.25, 0.3) is 11.3 Å². The third-order valence-electron chi connectivity index (χ3n) is 4.71. The molecule has 1 heterocycles. The van der Waals surface area contributed by atoms with Crippen molar-refractivity contribution in [1.82, 2.24) is 4.98 Å². The second-order valence-electron chi connectivity index (χ2n) is 7.25. The number of ether oxygens (including phenoxy) is 2. The van der Waals surface area contributed by atoms with E-state index in [1.807, 2.05) is 64.1 Å². The third-order valence-corrected chi connectivity index (χ3v) is 6.19. The molecule has 0 unspecified atom stereocenters. The molecule has 0 saturated heterocycles. The topological polar surface area (TPSA) is 60.5 Å². The van der Waals surface area contributed by atoms with Gasteiger partial charge in [0, 0.05) is 21.9 Å². The summed E-state index contributed by atoms with van der Waals surface area (Å²) in [5.41, 5.74) is 3.84. The maximum Gasteiger partial charge on any atom is 0.226 e. The number of nitrogens with zero attached hydrogens (tertiary/aromatic N) is 1.